The summed E-state index contributed by atoms with van der Waals surface area (Å²) < 4.78 is 27.8. The molecule has 2 saturated heterocycles. The summed E-state index contributed by atoms with van der Waals surface area (Å²) in [7, 11) is -3.50. The van der Waals surface area contributed by atoms with E-state index in [4.69, 9.17) is 0 Å². The molecule has 1 unspecified atom stereocenters. The first-order chi connectivity index (χ1) is 18.7. The molecule has 206 valence electrons. The van der Waals surface area contributed by atoms with E-state index in [0.717, 1.165) is 56.8 Å². The Morgan fingerprint density at radius 3 is 2.51 bits per heavy atom. The van der Waals surface area contributed by atoms with Crippen molar-refractivity contribution in [3.05, 3.63) is 42.0 Å². The molecule has 39 heavy (non-hydrogen) atoms. The molecule has 4 aliphatic rings. The number of hydrogen-bond donors (Lipinski definition) is 2. The number of nitriles is 1. The number of aromatic nitrogens is 1. The molecule has 4 fully saturated rings. The van der Waals surface area contributed by atoms with Crippen LogP contribution in [0.3, 0.4) is 0 Å². The van der Waals surface area contributed by atoms with E-state index in [9.17, 15) is 18.5 Å². The smallest absolute Gasteiger partial charge is 0.258 e. The van der Waals surface area contributed by atoms with Gasteiger partial charge in [-0.1, -0.05) is 6.07 Å². The third-order valence-corrected chi connectivity index (χ3v) is 11.3. The van der Waals surface area contributed by atoms with Gasteiger partial charge in [-0.15, -0.1) is 0 Å². The molecule has 2 aliphatic carbocycles. The van der Waals surface area contributed by atoms with Crippen molar-refractivity contribution in [3.8, 4) is 6.07 Å². The predicted molar refractivity (Wildman–Crippen MR) is 152 cm³/mol. The molecule has 1 spiro atoms. The Morgan fingerprint density at radius 2 is 1.82 bits per heavy atom. The zero-order valence-electron chi connectivity index (χ0n) is 22.4. The van der Waals surface area contributed by atoms with Crippen LogP contribution in [0.5, 0.6) is 0 Å². The van der Waals surface area contributed by atoms with Crippen LogP contribution in [-0.2, 0) is 10.0 Å². The van der Waals surface area contributed by atoms with Crippen molar-refractivity contribution in [2.45, 2.75) is 63.0 Å². The quantitative estimate of drug-likeness (QED) is 0.513. The Kier molecular flexibility index (Phi) is 6.45. The summed E-state index contributed by atoms with van der Waals surface area (Å²) in [5.74, 6) is 0.902. The maximum atomic E-state index is 13.6. The number of benzene rings is 1. The molecule has 1 aromatic carbocycles. The molecule has 0 bridgehead atoms. The van der Waals surface area contributed by atoms with E-state index in [1.54, 1.807) is 25.1 Å². The van der Waals surface area contributed by atoms with Crippen molar-refractivity contribution in [2.75, 3.05) is 46.0 Å². The van der Waals surface area contributed by atoms with Crippen LogP contribution in [0, 0.1) is 22.7 Å². The molecule has 9 nitrogen and oxygen atoms in total. The van der Waals surface area contributed by atoms with Crippen LogP contribution in [0.4, 0.5) is 23.0 Å². The Labute approximate surface area is 230 Å². The van der Waals surface area contributed by atoms with E-state index in [1.807, 2.05) is 18.2 Å². The number of amides is 1. The van der Waals surface area contributed by atoms with Gasteiger partial charge in [0.2, 0.25) is 10.0 Å². The lowest BCUT2D eigenvalue weighted by Crippen LogP contribution is -2.36. The molecule has 2 N–H and O–H groups in total. The molecule has 2 saturated carbocycles. The van der Waals surface area contributed by atoms with E-state index in [1.165, 1.54) is 12.8 Å². The molecule has 3 heterocycles. The summed E-state index contributed by atoms with van der Waals surface area (Å²) in [5, 5.41) is 12.3. The fourth-order valence-corrected chi connectivity index (χ4v) is 7.14. The van der Waals surface area contributed by atoms with Crippen molar-refractivity contribution in [1.29, 1.82) is 5.26 Å². The van der Waals surface area contributed by atoms with E-state index < -0.39 is 14.8 Å². The van der Waals surface area contributed by atoms with Crippen LogP contribution in [0.2, 0.25) is 0 Å². The van der Waals surface area contributed by atoms with Gasteiger partial charge < -0.3 is 15.1 Å². The topological polar surface area (TPSA) is 118 Å². The fourth-order valence-electron chi connectivity index (χ4n) is 5.81. The Morgan fingerprint density at radius 1 is 1.05 bits per heavy atom. The number of anilines is 4. The number of rotatable bonds is 7. The Balaban J connectivity index is 1.24. The molecule has 1 aromatic heterocycles. The second kappa shape index (κ2) is 9.70. The van der Waals surface area contributed by atoms with Crippen molar-refractivity contribution >= 4 is 38.9 Å². The highest BCUT2D eigenvalue weighted by atomic mass is 32.2. The van der Waals surface area contributed by atoms with Crippen LogP contribution in [-0.4, -0.2) is 50.2 Å². The van der Waals surface area contributed by atoms with Gasteiger partial charge in [0.05, 0.1) is 33.7 Å². The largest absolute Gasteiger partial charge is 0.371 e. The molecular weight excluding hydrogens is 512 g/mol. The molecule has 2 aliphatic heterocycles. The number of carbonyl (C=O) groups is 1. The van der Waals surface area contributed by atoms with Gasteiger partial charge in [0.1, 0.15) is 11.6 Å². The number of pyridine rings is 1. The zero-order valence-corrected chi connectivity index (χ0v) is 23.3. The SMILES string of the molecule is CC1(S(=O)(=O)Nc2ccc(C(=O)Nc3cccc(N4CCCC(C#N)C4)n3)c(N3CCC4(CC3)CC4)c2)CC1. The highest BCUT2D eigenvalue weighted by Gasteiger charge is 2.50. The molecule has 10 heteroatoms. The molecule has 1 amide bonds. The molecule has 6 rings (SSSR count). The third kappa shape index (κ3) is 5.29. The summed E-state index contributed by atoms with van der Waals surface area (Å²) >= 11 is 0. The lowest BCUT2D eigenvalue weighted by atomic mass is 9.93. The molecular formula is C29H36N6O3S. The maximum Gasteiger partial charge on any atom is 0.258 e. The minimum Gasteiger partial charge on any atom is -0.371 e. The number of carbonyl (C=O) groups excluding carboxylic acids is 1. The molecule has 0 radical (unpaired) electrons. The van der Waals surface area contributed by atoms with Crippen LogP contribution in [0.1, 0.15) is 68.6 Å². The molecule has 2 aromatic rings. The second-order valence-electron chi connectivity index (χ2n) is 12.0. The van der Waals surface area contributed by atoms with Gasteiger partial charge in [-0.2, -0.15) is 5.26 Å². The summed E-state index contributed by atoms with van der Waals surface area (Å²) in [6, 6.07) is 13.1. The number of sulfonamides is 1. The van der Waals surface area contributed by atoms with E-state index in [0.29, 0.717) is 41.9 Å². The van der Waals surface area contributed by atoms with Gasteiger partial charge in [0.25, 0.3) is 5.91 Å². The highest BCUT2D eigenvalue weighted by molar-refractivity contribution is 7.94. The number of nitrogens with zero attached hydrogens (tertiary/aromatic N) is 4. The van der Waals surface area contributed by atoms with Crippen LogP contribution in [0.15, 0.2) is 36.4 Å². The van der Waals surface area contributed by atoms with E-state index in [-0.39, 0.29) is 11.8 Å². The standard InChI is InChI=1S/C29H36N6O3S/c1-28(9-10-28)39(37,38)33-22-7-8-23(24(18-22)34-16-13-29(11-12-29)14-17-34)27(36)32-25-5-2-6-26(31-25)35-15-3-4-21(19-30)20-35/h2,5-8,18,21,33H,3-4,9-17,20H2,1H3,(H,31,32,36). The molecule has 1 atom stereocenters. The first kappa shape index (κ1) is 25.9. The monoisotopic (exact) mass is 548 g/mol. The van der Waals surface area contributed by atoms with Gasteiger partial charge in [-0.25, -0.2) is 13.4 Å². The van der Waals surface area contributed by atoms with Crippen molar-refractivity contribution in [3.63, 3.8) is 0 Å². The first-order valence-corrected chi connectivity index (χ1v) is 15.5. The summed E-state index contributed by atoms with van der Waals surface area (Å²) in [6.07, 6.45) is 7.88. The minimum absolute atomic E-state index is 0.0147. The minimum atomic E-state index is -3.50. The van der Waals surface area contributed by atoms with Crippen LogP contribution in [0.25, 0.3) is 0 Å². The lowest BCUT2D eigenvalue weighted by molar-refractivity contribution is 0.102. The van der Waals surface area contributed by atoms with E-state index in [2.05, 4.69) is 30.9 Å². The third-order valence-electron chi connectivity index (χ3n) is 9.12. The second-order valence-corrected chi connectivity index (χ2v) is 14.2. The number of hydrogen-bond acceptors (Lipinski definition) is 7. The van der Waals surface area contributed by atoms with Crippen molar-refractivity contribution < 1.29 is 13.2 Å². The van der Waals surface area contributed by atoms with Gasteiger partial charge in [0, 0.05) is 26.2 Å². The van der Waals surface area contributed by atoms with Gasteiger partial charge in [-0.3, -0.25) is 9.52 Å². The summed E-state index contributed by atoms with van der Waals surface area (Å²) in [6.45, 7) is 4.93. The lowest BCUT2D eigenvalue weighted by Gasteiger charge is -2.35. The van der Waals surface area contributed by atoms with Gasteiger partial charge >= 0.3 is 0 Å². The van der Waals surface area contributed by atoms with Crippen LogP contribution < -0.4 is 19.8 Å². The highest BCUT2D eigenvalue weighted by Crippen LogP contribution is 2.54. The average Bonchev–Trinajstić information content (AvgIpc) is 3.88. The van der Waals surface area contributed by atoms with E-state index >= 15 is 0 Å². The predicted octanol–water partition coefficient (Wildman–Crippen LogP) is 4.75. The van der Waals surface area contributed by atoms with Gasteiger partial charge in [0.15, 0.2) is 0 Å². The zero-order chi connectivity index (χ0) is 27.3. The summed E-state index contributed by atoms with van der Waals surface area (Å²) in [4.78, 5) is 22.6. The summed E-state index contributed by atoms with van der Waals surface area (Å²) in [5.41, 5.74) is 2.20. The Bertz CT molecular complexity index is 1420. The number of piperidine rings is 2. The van der Waals surface area contributed by atoms with Gasteiger partial charge in [-0.05, 0) is 94.0 Å². The average molecular weight is 549 g/mol. The van der Waals surface area contributed by atoms with Crippen molar-refractivity contribution in [1.82, 2.24) is 4.98 Å². The number of nitrogens with one attached hydrogen (secondary N) is 2. The normalized spacial score (nSPS) is 23.1. The van der Waals surface area contributed by atoms with Crippen LogP contribution >= 0.6 is 0 Å². The Hall–Kier alpha value is -3.32. The van der Waals surface area contributed by atoms with Crippen molar-refractivity contribution in [2.24, 2.45) is 11.3 Å². The fraction of sp³-hybridized carbons (Fsp3) is 0.552. The first-order valence-electron chi connectivity index (χ1n) is 14.0. The maximum absolute atomic E-state index is 13.6.